The van der Waals surface area contributed by atoms with Crippen molar-refractivity contribution < 1.29 is 33.0 Å². The molecule has 0 radical (unpaired) electrons. The first-order chi connectivity index (χ1) is 7.64. The molecule has 0 atom stereocenters. The lowest BCUT2D eigenvalue weighted by Gasteiger charge is -2.10. The summed E-state index contributed by atoms with van der Waals surface area (Å²) in [6.07, 6.45) is -4.76. The maximum Gasteiger partial charge on any atom is 0.416 e. The molecule has 8 heteroatoms. The lowest BCUT2D eigenvalue weighted by Crippen LogP contribution is -2.14. The number of hydrogen-bond acceptors (Lipinski definition) is 3. The van der Waals surface area contributed by atoms with Gasteiger partial charge >= 0.3 is 12.1 Å². The molecule has 2 N–H and O–H groups in total. The summed E-state index contributed by atoms with van der Waals surface area (Å²) in [5.74, 6) is -4.64. The molecule has 0 heterocycles. The van der Waals surface area contributed by atoms with Crippen molar-refractivity contribution in [3.05, 3.63) is 28.3 Å². The minimum Gasteiger partial charge on any atom is -0.507 e. The van der Waals surface area contributed by atoms with Gasteiger partial charge in [0.05, 0.1) is 16.1 Å². The number of Topliss-reactive ketones (excluding diaryl/α,β-unsaturated/α-hetero) is 1. The summed E-state index contributed by atoms with van der Waals surface area (Å²) in [6, 6.07) is 0.611. The zero-order chi connectivity index (χ0) is 13.4. The zero-order valence-electron chi connectivity index (χ0n) is 7.88. The SMILES string of the molecule is O=C(O)C(=O)c1c(O)cc(C(F)(F)F)cc1Cl. The molecule has 0 amide bonds. The lowest BCUT2D eigenvalue weighted by atomic mass is 10.1. The van der Waals surface area contributed by atoms with E-state index in [1.807, 2.05) is 0 Å². The number of rotatable bonds is 2. The van der Waals surface area contributed by atoms with Gasteiger partial charge in [-0.15, -0.1) is 0 Å². The highest BCUT2D eigenvalue weighted by atomic mass is 35.5. The average molecular weight is 269 g/mol. The van der Waals surface area contributed by atoms with Crippen LogP contribution < -0.4 is 0 Å². The second-order valence-corrected chi connectivity index (χ2v) is 3.39. The van der Waals surface area contributed by atoms with Crippen molar-refractivity contribution in [3.63, 3.8) is 0 Å². The van der Waals surface area contributed by atoms with E-state index in [0.29, 0.717) is 6.07 Å². The second kappa shape index (κ2) is 4.25. The molecule has 0 aliphatic heterocycles. The maximum atomic E-state index is 12.3. The van der Waals surface area contributed by atoms with Gasteiger partial charge in [-0.05, 0) is 12.1 Å². The molecule has 0 bridgehead atoms. The molecule has 1 rings (SSSR count). The number of carbonyl (C=O) groups excluding carboxylic acids is 1. The van der Waals surface area contributed by atoms with Gasteiger partial charge in [-0.2, -0.15) is 13.2 Å². The Kier molecular flexibility index (Phi) is 3.33. The fourth-order valence-corrected chi connectivity index (χ4v) is 1.39. The number of phenolic OH excluding ortho intramolecular Hbond substituents is 1. The molecule has 0 aromatic heterocycles. The van der Waals surface area contributed by atoms with Gasteiger partial charge in [0.15, 0.2) is 0 Å². The number of hydrogen-bond donors (Lipinski definition) is 2. The third-order valence-electron chi connectivity index (χ3n) is 1.82. The topological polar surface area (TPSA) is 74.6 Å². The minimum absolute atomic E-state index is 0.238. The van der Waals surface area contributed by atoms with Crippen molar-refractivity contribution in [3.8, 4) is 5.75 Å². The number of halogens is 4. The molecule has 0 spiro atoms. The fraction of sp³-hybridized carbons (Fsp3) is 0.111. The van der Waals surface area contributed by atoms with Gasteiger partial charge in [-0.3, -0.25) is 4.79 Å². The predicted octanol–water partition coefficient (Wildman–Crippen LogP) is 2.33. The van der Waals surface area contributed by atoms with E-state index in [4.69, 9.17) is 16.7 Å². The van der Waals surface area contributed by atoms with Crippen molar-refractivity contribution in [1.82, 2.24) is 0 Å². The van der Waals surface area contributed by atoms with Gasteiger partial charge in [0, 0.05) is 0 Å². The Balaban J connectivity index is 3.40. The first-order valence-electron chi connectivity index (χ1n) is 4.02. The number of benzene rings is 1. The number of aliphatic carboxylic acids is 1. The monoisotopic (exact) mass is 268 g/mol. The van der Waals surface area contributed by atoms with E-state index in [1.54, 1.807) is 0 Å². The van der Waals surface area contributed by atoms with Gasteiger partial charge in [-0.25, -0.2) is 4.79 Å². The number of carboxylic acid groups (broad SMARTS) is 1. The fourth-order valence-electron chi connectivity index (χ4n) is 1.09. The molecule has 92 valence electrons. The van der Waals surface area contributed by atoms with Crippen LogP contribution in [-0.2, 0) is 11.0 Å². The summed E-state index contributed by atoms with van der Waals surface area (Å²) in [4.78, 5) is 21.4. The molecule has 17 heavy (non-hydrogen) atoms. The summed E-state index contributed by atoms with van der Waals surface area (Å²) in [7, 11) is 0. The first-order valence-corrected chi connectivity index (χ1v) is 4.39. The smallest absolute Gasteiger partial charge is 0.416 e. The van der Waals surface area contributed by atoms with E-state index in [9.17, 15) is 27.9 Å². The Bertz CT molecular complexity index is 472. The summed E-state index contributed by atoms with van der Waals surface area (Å²) >= 11 is 5.34. The third kappa shape index (κ3) is 2.68. The summed E-state index contributed by atoms with van der Waals surface area (Å²) < 4.78 is 36.8. The Morgan fingerprint density at radius 2 is 1.76 bits per heavy atom. The molecule has 0 saturated heterocycles. The number of carboxylic acids is 1. The molecule has 0 saturated carbocycles. The van der Waals surface area contributed by atoms with Gasteiger partial charge < -0.3 is 10.2 Å². The van der Waals surface area contributed by atoms with Crippen molar-refractivity contribution in [1.29, 1.82) is 0 Å². The van der Waals surface area contributed by atoms with Gasteiger partial charge in [0.2, 0.25) is 0 Å². The van der Waals surface area contributed by atoms with Crippen LogP contribution in [0.25, 0.3) is 0 Å². The van der Waals surface area contributed by atoms with E-state index in [2.05, 4.69) is 0 Å². The van der Waals surface area contributed by atoms with Crippen molar-refractivity contribution in [2.45, 2.75) is 6.18 Å². The second-order valence-electron chi connectivity index (χ2n) is 2.98. The van der Waals surface area contributed by atoms with E-state index in [1.165, 1.54) is 0 Å². The molecule has 0 aliphatic carbocycles. The molecule has 0 aliphatic rings. The van der Waals surface area contributed by atoms with Crippen LogP contribution in [-0.4, -0.2) is 22.0 Å². The minimum atomic E-state index is -4.76. The van der Waals surface area contributed by atoms with Crippen LogP contribution in [0, 0.1) is 0 Å². The van der Waals surface area contributed by atoms with E-state index < -0.39 is 39.8 Å². The normalized spacial score (nSPS) is 11.3. The third-order valence-corrected chi connectivity index (χ3v) is 2.12. The highest BCUT2D eigenvalue weighted by Gasteiger charge is 2.33. The predicted molar refractivity (Wildman–Crippen MR) is 50.1 cm³/mol. The number of carbonyl (C=O) groups is 2. The van der Waals surface area contributed by atoms with E-state index in [-0.39, 0.29) is 6.07 Å². The van der Waals surface area contributed by atoms with Gasteiger partial charge in [-0.1, -0.05) is 11.6 Å². The van der Waals surface area contributed by atoms with Crippen molar-refractivity contribution in [2.24, 2.45) is 0 Å². The van der Waals surface area contributed by atoms with Crippen LogP contribution in [0.1, 0.15) is 15.9 Å². The molecule has 0 unspecified atom stereocenters. The van der Waals surface area contributed by atoms with Gasteiger partial charge in [0.1, 0.15) is 5.75 Å². The van der Waals surface area contributed by atoms with Crippen LogP contribution in [0.5, 0.6) is 5.75 Å². The highest BCUT2D eigenvalue weighted by Crippen LogP contribution is 2.36. The highest BCUT2D eigenvalue weighted by molar-refractivity contribution is 6.45. The Hall–Kier alpha value is -1.76. The molecular weight excluding hydrogens is 265 g/mol. The maximum absolute atomic E-state index is 12.3. The van der Waals surface area contributed by atoms with Crippen LogP contribution in [0.2, 0.25) is 5.02 Å². The van der Waals surface area contributed by atoms with Gasteiger partial charge in [0.25, 0.3) is 5.78 Å². The molecule has 1 aromatic rings. The molecule has 0 fully saturated rings. The lowest BCUT2D eigenvalue weighted by molar-refractivity contribution is -0.137. The largest absolute Gasteiger partial charge is 0.507 e. The van der Waals surface area contributed by atoms with Crippen molar-refractivity contribution in [2.75, 3.05) is 0 Å². The summed E-state index contributed by atoms with van der Waals surface area (Å²) in [5, 5.41) is 16.8. The van der Waals surface area contributed by atoms with Crippen LogP contribution in [0.4, 0.5) is 13.2 Å². The number of ketones is 1. The van der Waals surface area contributed by atoms with E-state index >= 15 is 0 Å². The van der Waals surface area contributed by atoms with Crippen molar-refractivity contribution >= 4 is 23.4 Å². The Morgan fingerprint density at radius 3 is 2.12 bits per heavy atom. The molecule has 4 nitrogen and oxygen atoms in total. The zero-order valence-corrected chi connectivity index (χ0v) is 8.63. The van der Waals surface area contributed by atoms with Crippen LogP contribution >= 0.6 is 11.6 Å². The standard InChI is InChI=1S/C9H4ClF3O4/c10-4-1-3(9(11,12)13)2-5(14)6(4)7(15)8(16)17/h1-2,14H,(H,16,17). The number of aromatic hydroxyl groups is 1. The Morgan fingerprint density at radius 1 is 1.24 bits per heavy atom. The average Bonchev–Trinajstić information content (AvgIpc) is 2.14. The Labute approximate surface area is 97.2 Å². The van der Waals surface area contributed by atoms with E-state index in [0.717, 1.165) is 0 Å². The molecular formula is C9H4ClF3O4. The summed E-state index contributed by atoms with van der Waals surface area (Å²) in [5.41, 5.74) is -2.14. The molecule has 1 aromatic carbocycles. The number of phenols is 1. The van der Waals surface area contributed by atoms with Crippen LogP contribution in [0.15, 0.2) is 12.1 Å². The first kappa shape index (κ1) is 13.3. The quantitative estimate of drug-likeness (QED) is 0.638. The summed E-state index contributed by atoms with van der Waals surface area (Å²) in [6.45, 7) is 0. The van der Waals surface area contributed by atoms with Crippen LogP contribution in [0.3, 0.4) is 0 Å². The number of alkyl halides is 3.